The van der Waals surface area contributed by atoms with E-state index >= 15 is 0 Å². The molecule has 2 aromatic heterocycles. The maximum absolute atomic E-state index is 14.4. The molecule has 6 aromatic rings. The van der Waals surface area contributed by atoms with Gasteiger partial charge in [-0.1, -0.05) is 76.6 Å². The summed E-state index contributed by atoms with van der Waals surface area (Å²) in [4.78, 5) is 76.6. The van der Waals surface area contributed by atoms with E-state index in [1.54, 1.807) is 61.4 Å². The topological polar surface area (TPSA) is 212 Å². The maximum Gasteiger partial charge on any atom is 0.411 e. The molecule has 2 fully saturated rings. The number of likely N-dealkylation sites (tertiary alicyclic amines) is 1. The Hall–Kier alpha value is -7.61. The number of alkyl halides is 1. The number of pyridine rings is 2. The van der Waals surface area contributed by atoms with Crippen molar-refractivity contribution >= 4 is 45.5 Å². The zero-order valence-corrected chi connectivity index (χ0v) is 48.5. The van der Waals surface area contributed by atoms with Gasteiger partial charge in [0.05, 0.1) is 24.2 Å². The highest BCUT2D eigenvalue weighted by molar-refractivity contribution is 9.08. The van der Waals surface area contributed by atoms with Crippen molar-refractivity contribution in [3.63, 3.8) is 0 Å². The van der Waals surface area contributed by atoms with Crippen molar-refractivity contribution in [2.45, 2.75) is 122 Å². The minimum absolute atomic E-state index is 0.0106. The van der Waals surface area contributed by atoms with Crippen molar-refractivity contribution < 1.29 is 57.5 Å². The van der Waals surface area contributed by atoms with Crippen molar-refractivity contribution in [3.05, 3.63) is 191 Å². The monoisotopic (exact) mass is 1190 g/mol. The molecule has 0 unspecified atom stereocenters. The molecule has 16 nitrogen and oxygen atoms in total. The number of carbonyl (C=O) groups excluding carboxylic acids is 5. The highest BCUT2D eigenvalue weighted by Crippen LogP contribution is 2.30. The number of carbonyl (C=O) groups is 5. The maximum atomic E-state index is 14.4. The Balaban J connectivity index is 0.000000232. The number of benzene rings is 4. The van der Waals surface area contributed by atoms with Crippen molar-refractivity contribution in [1.29, 1.82) is 0 Å². The number of piperazine rings is 1. The number of aromatic hydroxyl groups is 1. The second-order valence-corrected chi connectivity index (χ2v) is 22.0. The number of aromatic nitrogens is 2. The van der Waals surface area contributed by atoms with E-state index in [1.165, 1.54) is 48.6 Å². The standard InChI is InChI=1S/C29H32FN3O4.C28H35FN2O6.C6H6BrN/c1-20(34)32-27(16-23-14-24(30)17-25(15-23)37-19-22-9-11-31-12-10-22)28(35)26-8-5-13-33(29(26)36)18-21-6-3-2-4-7-21;1-18(32)12-21(13-20-14-22(29)16-23(33)15-20)25(34)24-26(35)30(17-19-8-6-5-7-9-19)10-11-31(24)27(36)37-28(2,3)4;7-5-6-1-3-8-4-2-6/h2-4,6-7,9-12,14-15,17,26-28,35H,5,8,13,16,18-19H2,1H3,(H,32,34);5-9,14-16,21,24-25,33-34H,10-13,17H2,1-4H3;1-4H,5H2/t26-,27-,28+;21-,24-,25-;/m00./s1. The number of hydrogen-bond donors (Lipinski definition) is 4. The van der Waals surface area contributed by atoms with Crippen LogP contribution < -0.4 is 10.1 Å². The number of Topliss-reactive ketones (excluding diaryl/α,β-unsaturated/α-hetero) is 1. The van der Waals surface area contributed by atoms with Crippen molar-refractivity contribution in [3.8, 4) is 11.5 Å². The number of halogens is 3. The molecule has 0 aliphatic carbocycles. The number of nitrogens with one attached hydrogen (secondary N) is 1. The average Bonchev–Trinajstić information content (AvgIpc) is 3.61. The van der Waals surface area contributed by atoms with Gasteiger partial charge < -0.3 is 44.7 Å². The Morgan fingerprint density at radius 1 is 0.695 bits per heavy atom. The Morgan fingerprint density at radius 2 is 1.26 bits per heavy atom. The van der Waals surface area contributed by atoms with E-state index in [9.17, 15) is 48.1 Å². The molecule has 19 heteroatoms. The number of piperidine rings is 1. The van der Waals surface area contributed by atoms with Gasteiger partial charge >= 0.3 is 6.09 Å². The minimum Gasteiger partial charge on any atom is -0.508 e. The number of amides is 4. The van der Waals surface area contributed by atoms with Crippen molar-refractivity contribution in [1.82, 2.24) is 30.0 Å². The van der Waals surface area contributed by atoms with Gasteiger partial charge in [0, 0.05) is 88.3 Å². The molecular weight excluding hydrogens is 1120 g/mol. The first-order chi connectivity index (χ1) is 39.2. The summed E-state index contributed by atoms with van der Waals surface area (Å²) in [5, 5.41) is 36.4. The lowest BCUT2D eigenvalue weighted by Gasteiger charge is -2.44. The van der Waals surface area contributed by atoms with Crippen LogP contribution in [0.2, 0.25) is 0 Å². The largest absolute Gasteiger partial charge is 0.508 e. The molecule has 0 radical (unpaired) electrons. The lowest BCUT2D eigenvalue weighted by atomic mass is 9.84. The van der Waals surface area contributed by atoms with E-state index in [0.717, 1.165) is 34.5 Å². The number of phenols is 1. The molecule has 0 spiro atoms. The van der Waals surface area contributed by atoms with Crippen LogP contribution in [-0.2, 0) is 61.8 Å². The van der Waals surface area contributed by atoms with Crippen LogP contribution in [-0.4, -0.2) is 119 Å². The second kappa shape index (κ2) is 31.0. The average molecular weight is 1190 g/mol. The molecule has 4 N–H and O–H groups in total. The van der Waals surface area contributed by atoms with E-state index in [-0.39, 0.29) is 62.3 Å². The van der Waals surface area contributed by atoms with Crippen LogP contribution in [0.3, 0.4) is 0 Å². The fourth-order valence-corrected chi connectivity index (χ4v) is 10.2. The first kappa shape index (κ1) is 63.6. The van der Waals surface area contributed by atoms with Gasteiger partial charge in [-0.3, -0.25) is 29.3 Å². The normalized spacial score (nSPS) is 16.7. The fourth-order valence-electron chi connectivity index (χ4n) is 9.85. The highest BCUT2D eigenvalue weighted by atomic mass is 79.9. The summed E-state index contributed by atoms with van der Waals surface area (Å²) in [5.74, 6) is -3.76. The highest BCUT2D eigenvalue weighted by Gasteiger charge is 2.46. The van der Waals surface area contributed by atoms with Crippen LogP contribution in [0.1, 0.15) is 87.3 Å². The minimum atomic E-state index is -1.45. The van der Waals surface area contributed by atoms with Gasteiger partial charge in [-0.25, -0.2) is 13.6 Å². The summed E-state index contributed by atoms with van der Waals surface area (Å²) in [6, 6.07) is 32.4. The summed E-state index contributed by atoms with van der Waals surface area (Å²) in [7, 11) is 0. The van der Waals surface area contributed by atoms with Gasteiger partial charge in [0.2, 0.25) is 17.7 Å². The van der Waals surface area contributed by atoms with E-state index in [0.29, 0.717) is 42.9 Å². The first-order valence-electron chi connectivity index (χ1n) is 27.2. The Morgan fingerprint density at radius 3 is 1.79 bits per heavy atom. The van der Waals surface area contributed by atoms with Crippen LogP contribution in [0.25, 0.3) is 0 Å². The summed E-state index contributed by atoms with van der Waals surface area (Å²) in [6.07, 6.45) is 4.89. The number of hydrogen-bond acceptors (Lipinski definition) is 12. The van der Waals surface area contributed by atoms with Crippen LogP contribution in [0.5, 0.6) is 11.5 Å². The van der Waals surface area contributed by atoms with E-state index < -0.39 is 65.4 Å². The molecule has 2 aliphatic rings. The Kier molecular flexibility index (Phi) is 24.0. The van der Waals surface area contributed by atoms with Gasteiger partial charge in [0.1, 0.15) is 47.2 Å². The van der Waals surface area contributed by atoms with Gasteiger partial charge in [0.25, 0.3) is 0 Å². The first-order valence-corrected chi connectivity index (χ1v) is 28.3. The molecule has 436 valence electrons. The van der Waals surface area contributed by atoms with Crippen molar-refractivity contribution in [2.24, 2.45) is 11.8 Å². The van der Waals surface area contributed by atoms with E-state index in [1.807, 2.05) is 84.9 Å². The molecule has 0 bridgehead atoms. The molecule has 6 atom stereocenters. The van der Waals surface area contributed by atoms with Crippen molar-refractivity contribution in [2.75, 3.05) is 19.6 Å². The zero-order valence-electron chi connectivity index (χ0n) is 46.9. The second-order valence-electron chi connectivity index (χ2n) is 21.5. The zero-order chi connectivity index (χ0) is 59.3. The predicted octanol–water partition coefficient (Wildman–Crippen LogP) is 9.30. The summed E-state index contributed by atoms with van der Waals surface area (Å²) in [6.45, 7) is 9.83. The molecule has 0 saturated carbocycles. The molecule has 82 heavy (non-hydrogen) atoms. The molecule has 4 heterocycles. The number of ketones is 1. The lowest BCUT2D eigenvalue weighted by molar-refractivity contribution is -0.150. The van der Waals surface area contributed by atoms with E-state index in [2.05, 4.69) is 31.2 Å². The van der Waals surface area contributed by atoms with Gasteiger partial charge in [0.15, 0.2) is 0 Å². The van der Waals surface area contributed by atoms with Crippen LogP contribution in [0, 0.1) is 23.5 Å². The number of aliphatic hydroxyl groups is 2. The van der Waals surface area contributed by atoms with Crippen LogP contribution >= 0.6 is 15.9 Å². The number of phenolic OH excluding ortho intramolecular Hbond substituents is 1. The molecule has 4 aromatic carbocycles. The number of rotatable bonds is 19. The Bertz CT molecular complexity index is 3000. The lowest BCUT2D eigenvalue weighted by Crippen LogP contribution is -2.64. The molecule has 2 aliphatic heterocycles. The smallest absolute Gasteiger partial charge is 0.411 e. The third-order valence-corrected chi connectivity index (χ3v) is 14.2. The SMILES string of the molecule is BrCc1ccncc1.CC(=O)C[C@@H](Cc1cc(O)cc(F)c1)[C@H](O)[C@H]1C(=O)N(Cc2ccccc2)CCN1C(=O)OC(C)(C)C.CC(=O)N[C@@H](Cc1cc(F)cc(OCc2ccncc2)c1)[C@H](O)[C@@H]1CCCN(Cc2ccccc2)C1=O. The van der Waals surface area contributed by atoms with Gasteiger partial charge in [-0.05, 0) is 141 Å². The molecule has 2 saturated heterocycles. The fraction of sp³-hybridized carbons (Fsp3) is 0.381. The molecule has 8 rings (SSSR count). The quantitative estimate of drug-likeness (QED) is 0.0559. The molecular formula is C63H73BrF2N6O10. The van der Waals surface area contributed by atoms with Gasteiger partial charge in [-0.15, -0.1) is 0 Å². The van der Waals surface area contributed by atoms with Gasteiger partial charge in [-0.2, -0.15) is 0 Å². The summed E-state index contributed by atoms with van der Waals surface area (Å²) in [5.41, 5.74) is 4.15. The third kappa shape index (κ3) is 20.1. The van der Waals surface area contributed by atoms with Crippen LogP contribution in [0.4, 0.5) is 13.6 Å². The number of aliphatic hydroxyl groups excluding tert-OH is 2. The Labute approximate surface area is 486 Å². The summed E-state index contributed by atoms with van der Waals surface area (Å²) < 4.78 is 39.7. The summed E-state index contributed by atoms with van der Waals surface area (Å²) >= 11 is 3.33. The molecule has 4 amide bonds. The van der Waals surface area contributed by atoms with Crippen LogP contribution in [0.15, 0.2) is 146 Å². The number of ether oxygens (including phenoxy) is 2. The predicted molar refractivity (Wildman–Crippen MR) is 309 cm³/mol. The third-order valence-electron chi connectivity index (χ3n) is 13.6. The number of nitrogens with zero attached hydrogens (tertiary/aromatic N) is 5. The van der Waals surface area contributed by atoms with E-state index in [4.69, 9.17) is 9.47 Å².